The van der Waals surface area contributed by atoms with Crippen LogP contribution < -0.4 is 10.2 Å². The molecule has 0 bridgehead atoms. The zero-order chi connectivity index (χ0) is 14.8. The molecule has 0 atom stereocenters. The van der Waals surface area contributed by atoms with Crippen LogP contribution in [-0.4, -0.2) is 25.2 Å². The smallest absolute Gasteiger partial charge is 0.160 e. The van der Waals surface area contributed by atoms with Crippen LogP contribution in [0.4, 0.5) is 10.1 Å². The summed E-state index contributed by atoms with van der Waals surface area (Å²) in [6, 6.07) is 3.34. The fraction of sp³-hybridized carbons (Fsp3) is 0.600. The van der Waals surface area contributed by atoms with E-state index in [1.807, 2.05) is 0 Å². The van der Waals surface area contributed by atoms with Crippen LogP contribution >= 0.6 is 23.2 Å². The van der Waals surface area contributed by atoms with Crippen LogP contribution in [-0.2, 0) is 0 Å². The second-order valence-corrected chi connectivity index (χ2v) is 6.23. The minimum absolute atomic E-state index is 0.0864. The van der Waals surface area contributed by atoms with Gasteiger partial charge in [-0.2, -0.15) is 0 Å². The molecule has 1 aromatic carbocycles. The zero-order valence-corrected chi connectivity index (χ0v) is 13.5. The Balaban J connectivity index is 2.31. The summed E-state index contributed by atoms with van der Waals surface area (Å²) in [6.07, 6.45) is 3.17. The van der Waals surface area contributed by atoms with E-state index in [0.717, 1.165) is 44.6 Å². The van der Waals surface area contributed by atoms with Gasteiger partial charge in [-0.3, -0.25) is 0 Å². The Kier molecular flexibility index (Phi) is 5.16. The van der Waals surface area contributed by atoms with Gasteiger partial charge >= 0.3 is 0 Å². The van der Waals surface area contributed by atoms with Crippen molar-refractivity contribution in [2.45, 2.75) is 38.6 Å². The molecule has 2 nitrogen and oxygen atoms in total. The number of hydrogen-bond donors (Lipinski definition) is 1. The first kappa shape index (κ1) is 15.9. The van der Waals surface area contributed by atoms with Crippen molar-refractivity contribution in [3.63, 3.8) is 0 Å². The molecular weight excluding hydrogens is 298 g/mol. The number of hydrogen-bond acceptors (Lipinski definition) is 2. The fourth-order valence-corrected chi connectivity index (χ4v) is 3.27. The molecule has 1 aliphatic rings. The predicted octanol–water partition coefficient (Wildman–Crippen LogP) is 4.49. The van der Waals surface area contributed by atoms with Gasteiger partial charge in [-0.15, -0.1) is 0 Å². The molecule has 2 rings (SSSR count). The van der Waals surface area contributed by atoms with E-state index in [9.17, 15) is 4.39 Å². The summed E-state index contributed by atoms with van der Waals surface area (Å²) >= 11 is 11.8. The summed E-state index contributed by atoms with van der Waals surface area (Å²) in [5.41, 5.74) is 1.00. The normalized spacial score (nSPS) is 18.9. The summed E-state index contributed by atoms with van der Waals surface area (Å²) in [5.74, 6) is -0.540. The third-order valence-corrected chi connectivity index (χ3v) is 4.84. The lowest BCUT2D eigenvalue weighted by molar-refractivity contribution is 0.321. The summed E-state index contributed by atoms with van der Waals surface area (Å²) in [6.45, 7) is 7.21. The second kappa shape index (κ2) is 6.50. The van der Waals surface area contributed by atoms with E-state index in [2.05, 4.69) is 24.1 Å². The first-order valence-electron chi connectivity index (χ1n) is 7.16. The summed E-state index contributed by atoms with van der Waals surface area (Å²) in [7, 11) is 0. The van der Waals surface area contributed by atoms with E-state index in [4.69, 9.17) is 23.2 Å². The van der Waals surface area contributed by atoms with Crippen LogP contribution in [0.25, 0.3) is 0 Å². The monoisotopic (exact) mass is 318 g/mol. The van der Waals surface area contributed by atoms with Crippen LogP contribution in [0.5, 0.6) is 0 Å². The molecule has 20 heavy (non-hydrogen) atoms. The Morgan fingerprint density at radius 1 is 1.25 bits per heavy atom. The highest BCUT2D eigenvalue weighted by Gasteiger charge is 2.30. The number of nitrogens with zero attached hydrogens (tertiary/aromatic N) is 1. The molecule has 1 fully saturated rings. The molecule has 0 amide bonds. The Morgan fingerprint density at radius 2 is 1.85 bits per heavy atom. The van der Waals surface area contributed by atoms with Crippen molar-refractivity contribution in [2.24, 2.45) is 0 Å². The Bertz CT molecular complexity index is 452. The van der Waals surface area contributed by atoms with Crippen molar-refractivity contribution >= 4 is 28.9 Å². The third kappa shape index (κ3) is 3.21. The molecular formula is C15H21Cl2FN2. The molecule has 1 saturated heterocycles. The molecule has 1 N–H and O–H groups in total. The molecule has 0 unspecified atom stereocenters. The minimum Gasteiger partial charge on any atom is -0.370 e. The maximum Gasteiger partial charge on any atom is 0.160 e. The average molecular weight is 319 g/mol. The SMILES string of the molecule is CCC1(CC)CN(c2cc(Cl)c(F)c(Cl)c2)CCCN1. The molecule has 1 aliphatic heterocycles. The lowest BCUT2D eigenvalue weighted by atomic mass is 9.92. The first-order valence-corrected chi connectivity index (χ1v) is 7.91. The van der Waals surface area contributed by atoms with Gasteiger partial charge in [0.1, 0.15) is 0 Å². The van der Waals surface area contributed by atoms with Gasteiger partial charge in [0, 0.05) is 24.3 Å². The molecule has 0 aliphatic carbocycles. The van der Waals surface area contributed by atoms with Gasteiger partial charge in [0.15, 0.2) is 5.82 Å². The van der Waals surface area contributed by atoms with Crippen molar-refractivity contribution in [3.8, 4) is 0 Å². The minimum atomic E-state index is -0.540. The fourth-order valence-electron chi connectivity index (χ4n) is 2.79. The van der Waals surface area contributed by atoms with E-state index in [1.54, 1.807) is 12.1 Å². The van der Waals surface area contributed by atoms with Gasteiger partial charge in [0.25, 0.3) is 0 Å². The third-order valence-electron chi connectivity index (χ3n) is 4.29. The van der Waals surface area contributed by atoms with Gasteiger partial charge < -0.3 is 10.2 Å². The van der Waals surface area contributed by atoms with E-state index in [0.29, 0.717) is 0 Å². The van der Waals surface area contributed by atoms with Crippen LogP contribution in [0.2, 0.25) is 10.0 Å². The van der Waals surface area contributed by atoms with E-state index in [1.165, 1.54) is 0 Å². The van der Waals surface area contributed by atoms with E-state index >= 15 is 0 Å². The van der Waals surface area contributed by atoms with Gasteiger partial charge in [-0.1, -0.05) is 37.0 Å². The highest BCUT2D eigenvalue weighted by molar-refractivity contribution is 6.35. The topological polar surface area (TPSA) is 15.3 Å². The highest BCUT2D eigenvalue weighted by atomic mass is 35.5. The molecule has 1 heterocycles. The first-order chi connectivity index (χ1) is 9.51. The molecule has 0 radical (unpaired) electrons. The van der Waals surface area contributed by atoms with E-state index < -0.39 is 5.82 Å². The summed E-state index contributed by atoms with van der Waals surface area (Å²) in [4.78, 5) is 2.25. The highest BCUT2D eigenvalue weighted by Crippen LogP contribution is 2.31. The molecule has 0 saturated carbocycles. The lowest BCUT2D eigenvalue weighted by Crippen LogP contribution is -2.50. The van der Waals surface area contributed by atoms with Crippen molar-refractivity contribution in [1.29, 1.82) is 0 Å². The number of halogens is 3. The Labute approximate surface area is 130 Å². The van der Waals surface area contributed by atoms with Gasteiger partial charge in [0.2, 0.25) is 0 Å². The average Bonchev–Trinajstić information content (AvgIpc) is 2.67. The molecule has 0 aromatic heterocycles. The van der Waals surface area contributed by atoms with Crippen LogP contribution in [0, 0.1) is 5.82 Å². The quantitative estimate of drug-likeness (QED) is 0.826. The Morgan fingerprint density at radius 3 is 2.40 bits per heavy atom. The van der Waals surface area contributed by atoms with Crippen LogP contribution in [0.15, 0.2) is 12.1 Å². The molecule has 112 valence electrons. The standard InChI is InChI=1S/C15H21Cl2FN2/c1-3-15(4-2)10-20(7-5-6-19-15)11-8-12(16)14(18)13(17)9-11/h8-9,19H,3-7,10H2,1-2H3. The Hall–Kier alpha value is -0.510. The predicted molar refractivity (Wildman–Crippen MR) is 84.6 cm³/mol. The van der Waals surface area contributed by atoms with Gasteiger partial charge in [0.05, 0.1) is 10.0 Å². The van der Waals surface area contributed by atoms with Gasteiger partial charge in [-0.25, -0.2) is 4.39 Å². The van der Waals surface area contributed by atoms with Gasteiger partial charge in [-0.05, 0) is 37.9 Å². The number of anilines is 1. The van der Waals surface area contributed by atoms with E-state index in [-0.39, 0.29) is 15.6 Å². The molecule has 1 aromatic rings. The number of benzene rings is 1. The van der Waals surface area contributed by atoms with Crippen LogP contribution in [0.1, 0.15) is 33.1 Å². The maximum atomic E-state index is 13.5. The van der Waals surface area contributed by atoms with Crippen molar-refractivity contribution in [1.82, 2.24) is 5.32 Å². The lowest BCUT2D eigenvalue weighted by Gasteiger charge is -2.36. The second-order valence-electron chi connectivity index (χ2n) is 5.41. The molecule has 5 heteroatoms. The summed E-state index contributed by atoms with van der Waals surface area (Å²) in [5, 5.41) is 3.83. The van der Waals surface area contributed by atoms with Crippen molar-refractivity contribution in [2.75, 3.05) is 24.5 Å². The largest absolute Gasteiger partial charge is 0.370 e. The maximum absolute atomic E-state index is 13.5. The van der Waals surface area contributed by atoms with Crippen molar-refractivity contribution < 1.29 is 4.39 Å². The van der Waals surface area contributed by atoms with Crippen LogP contribution in [0.3, 0.4) is 0 Å². The number of rotatable bonds is 3. The zero-order valence-electron chi connectivity index (χ0n) is 12.0. The molecule has 0 spiro atoms. The number of nitrogens with one attached hydrogen (secondary N) is 1. The summed E-state index contributed by atoms with van der Waals surface area (Å²) < 4.78 is 13.5. The van der Waals surface area contributed by atoms with Crippen molar-refractivity contribution in [3.05, 3.63) is 28.0 Å².